The minimum Gasteiger partial charge on any atom is -0.497 e. The smallest absolute Gasteiger partial charge is 0.250 e. The summed E-state index contributed by atoms with van der Waals surface area (Å²) < 4.78 is 78.2. The Kier molecular flexibility index (Phi) is 16.0. The molecule has 0 unspecified atom stereocenters. The van der Waals surface area contributed by atoms with Crippen LogP contribution < -0.4 is 30.1 Å². The molecular formula is C44H48N4O11S2. The van der Waals surface area contributed by atoms with E-state index >= 15 is 0 Å². The van der Waals surface area contributed by atoms with Crippen molar-refractivity contribution in [2.24, 2.45) is 0 Å². The molecule has 0 amide bonds. The van der Waals surface area contributed by atoms with Crippen LogP contribution in [0.15, 0.2) is 153 Å². The van der Waals surface area contributed by atoms with E-state index < -0.39 is 20.0 Å². The van der Waals surface area contributed by atoms with Gasteiger partial charge in [-0.3, -0.25) is 9.59 Å². The monoisotopic (exact) mass is 872 g/mol. The fourth-order valence-electron chi connectivity index (χ4n) is 5.99. The van der Waals surface area contributed by atoms with Gasteiger partial charge in [0.05, 0.1) is 44.8 Å². The van der Waals surface area contributed by atoms with Crippen molar-refractivity contribution in [1.82, 2.24) is 18.2 Å². The van der Waals surface area contributed by atoms with Crippen LogP contribution in [-0.2, 0) is 52.8 Å². The highest BCUT2D eigenvalue weighted by atomic mass is 32.2. The fraction of sp³-hybridized carbons (Fsp3) is 0.227. The van der Waals surface area contributed by atoms with Crippen LogP contribution in [0.1, 0.15) is 22.3 Å². The van der Waals surface area contributed by atoms with Gasteiger partial charge in [0.2, 0.25) is 25.6 Å². The molecule has 0 saturated heterocycles. The van der Waals surface area contributed by atoms with E-state index in [1.54, 1.807) is 77.0 Å². The number of hydrogen-bond acceptors (Lipinski definition) is 11. The van der Waals surface area contributed by atoms with Crippen LogP contribution in [0.5, 0.6) is 23.0 Å². The van der Waals surface area contributed by atoms with Gasteiger partial charge in [-0.05, 0) is 82.9 Å². The lowest BCUT2D eigenvalue weighted by molar-refractivity contribution is 0.273. The van der Waals surface area contributed by atoms with Crippen LogP contribution in [0.25, 0.3) is 0 Å². The van der Waals surface area contributed by atoms with Crippen LogP contribution in [0, 0.1) is 0 Å². The Bertz CT molecular complexity index is 2550. The predicted molar refractivity (Wildman–Crippen MR) is 230 cm³/mol. The third kappa shape index (κ3) is 12.4. The summed E-state index contributed by atoms with van der Waals surface area (Å²) in [6.45, 7) is 0.313. The number of aliphatic hydroxyl groups is 1. The van der Waals surface area contributed by atoms with Gasteiger partial charge in [0, 0.05) is 57.3 Å². The van der Waals surface area contributed by atoms with E-state index in [9.17, 15) is 31.5 Å². The van der Waals surface area contributed by atoms with E-state index in [4.69, 9.17) is 18.9 Å². The standard InChI is InChI=1S/C23H26N2O6S.C21H22N2O5S/c1-30-20-7-3-18(4-8-20)15-25(16-19-5-9-21(31-2)10-6-19)32(28,29)22-11-12-23(27)24(17-22)13-14-26;1-27-18-7-3-16(4-8-18)14-23(15-17-5-9-19(28-2)10-6-17)29(25,26)20-11-12-21(24)22-13-20/h3-12,17,26H,13-16H2,1-2H3;3-13H,14-15H2,1-2H3,(H,22,24). The number of nitrogens with one attached hydrogen (secondary N) is 1. The number of methoxy groups -OCH3 is 4. The Labute approximate surface area is 355 Å². The second-order valence-corrected chi connectivity index (χ2v) is 17.3. The first-order valence-corrected chi connectivity index (χ1v) is 21.7. The lowest BCUT2D eigenvalue weighted by atomic mass is 10.2. The molecule has 322 valence electrons. The summed E-state index contributed by atoms with van der Waals surface area (Å²) in [5.74, 6) is 2.74. The average molecular weight is 873 g/mol. The quantitative estimate of drug-likeness (QED) is 0.118. The zero-order valence-electron chi connectivity index (χ0n) is 34.1. The first-order valence-electron chi connectivity index (χ1n) is 18.8. The summed E-state index contributed by atoms with van der Waals surface area (Å²) in [5.41, 5.74) is 2.45. The van der Waals surface area contributed by atoms with E-state index in [1.807, 2.05) is 48.5 Å². The number of H-pyrrole nitrogens is 1. The second kappa shape index (κ2) is 21.3. The number of pyridine rings is 2. The lowest BCUT2D eigenvalue weighted by Gasteiger charge is -2.23. The van der Waals surface area contributed by atoms with E-state index in [2.05, 4.69) is 4.98 Å². The molecule has 6 rings (SSSR count). The third-order valence-electron chi connectivity index (χ3n) is 9.40. The van der Waals surface area contributed by atoms with Crippen LogP contribution in [0.3, 0.4) is 0 Å². The van der Waals surface area contributed by atoms with Crippen LogP contribution in [-0.4, -0.2) is 75.1 Å². The molecule has 0 spiro atoms. The molecule has 17 heteroatoms. The number of aromatic amines is 1. The zero-order valence-corrected chi connectivity index (χ0v) is 35.8. The molecule has 2 aromatic heterocycles. The lowest BCUT2D eigenvalue weighted by Crippen LogP contribution is -2.31. The number of hydrogen-bond donors (Lipinski definition) is 2. The third-order valence-corrected chi connectivity index (χ3v) is 13.0. The van der Waals surface area contributed by atoms with Crippen molar-refractivity contribution >= 4 is 20.0 Å². The normalized spacial score (nSPS) is 11.5. The maximum atomic E-state index is 13.6. The van der Waals surface area contributed by atoms with Gasteiger partial charge in [0.15, 0.2) is 0 Å². The van der Waals surface area contributed by atoms with Crippen molar-refractivity contribution < 1.29 is 40.9 Å². The maximum absolute atomic E-state index is 13.6. The van der Waals surface area contributed by atoms with Gasteiger partial charge in [-0.15, -0.1) is 0 Å². The van der Waals surface area contributed by atoms with Crippen molar-refractivity contribution in [2.45, 2.75) is 42.5 Å². The number of ether oxygens (including phenoxy) is 4. The van der Waals surface area contributed by atoms with Crippen LogP contribution in [0.4, 0.5) is 0 Å². The van der Waals surface area contributed by atoms with Crippen molar-refractivity contribution in [3.05, 3.63) is 177 Å². The molecule has 0 atom stereocenters. The highest BCUT2D eigenvalue weighted by molar-refractivity contribution is 7.89. The molecule has 0 aliphatic heterocycles. The highest BCUT2D eigenvalue weighted by Gasteiger charge is 2.27. The van der Waals surface area contributed by atoms with Gasteiger partial charge < -0.3 is 33.6 Å². The van der Waals surface area contributed by atoms with E-state index in [-0.39, 0.29) is 60.2 Å². The first-order chi connectivity index (χ1) is 29.3. The Morgan fingerprint density at radius 2 is 0.852 bits per heavy atom. The molecule has 4 aromatic carbocycles. The molecule has 0 radical (unpaired) electrons. The SMILES string of the molecule is COc1ccc(CN(Cc2ccc(OC)cc2)S(=O)(=O)c2ccc(=O)[nH]c2)cc1.COc1ccc(CN(Cc2ccc(OC)cc2)S(=O)(=O)c2ccc(=O)n(CCO)c2)cc1. The molecule has 0 bridgehead atoms. The van der Waals surface area contributed by atoms with Gasteiger partial charge in [-0.2, -0.15) is 8.61 Å². The molecule has 0 saturated carbocycles. The first kappa shape index (κ1) is 45.8. The summed E-state index contributed by atoms with van der Waals surface area (Å²) >= 11 is 0. The molecule has 15 nitrogen and oxygen atoms in total. The minimum atomic E-state index is -3.96. The Morgan fingerprint density at radius 3 is 1.16 bits per heavy atom. The number of nitrogens with zero attached hydrogens (tertiary/aromatic N) is 3. The number of benzene rings is 4. The number of aliphatic hydroxyl groups excluding tert-OH is 1. The minimum absolute atomic E-state index is 0.0130. The van der Waals surface area contributed by atoms with E-state index in [1.165, 1.54) is 49.8 Å². The molecule has 2 heterocycles. The predicted octanol–water partition coefficient (Wildman–Crippen LogP) is 5.03. The van der Waals surface area contributed by atoms with Gasteiger partial charge >= 0.3 is 0 Å². The van der Waals surface area contributed by atoms with E-state index in [0.29, 0.717) is 23.0 Å². The van der Waals surface area contributed by atoms with Crippen LogP contribution >= 0.6 is 0 Å². The number of sulfonamides is 2. The van der Waals surface area contributed by atoms with Gasteiger partial charge in [-0.1, -0.05) is 48.5 Å². The number of aromatic nitrogens is 2. The Hall–Kier alpha value is -6.24. The Morgan fingerprint density at radius 1 is 0.508 bits per heavy atom. The summed E-state index contributed by atoms with van der Waals surface area (Å²) in [6, 6.07) is 33.7. The van der Waals surface area contributed by atoms with Gasteiger partial charge in [0.25, 0.3) is 5.56 Å². The molecule has 0 aliphatic carbocycles. The maximum Gasteiger partial charge on any atom is 0.250 e. The van der Waals surface area contributed by atoms with Crippen molar-refractivity contribution in [3.8, 4) is 23.0 Å². The fourth-order valence-corrected chi connectivity index (χ4v) is 8.81. The molecular weight excluding hydrogens is 825 g/mol. The molecule has 6 aromatic rings. The van der Waals surface area contributed by atoms with E-state index in [0.717, 1.165) is 22.3 Å². The summed E-state index contributed by atoms with van der Waals surface area (Å²) in [5, 5.41) is 9.18. The molecule has 0 fully saturated rings. The summed E-state index contributed by atoms with van der Waals surface area (Å²) in [7, 11) is -1.52. The van der Waals surface area contributed by atoms with Crippen molar-refractivity contribution in [3.63, 3.8) is 0 Å². The van der Waals surface area contributed by atoms with Gasteiger partial charge in [0.1, 0.15) is 23.0 Å². The average Bonchev–Trinajstić information content (AvgIpc) is 3.28. The molecule has 2 N–H and O–H groups in total. The molecule has 0 aliphatic rings. The summed E-state index contributed by atoms with van der Waals surface area (Å²) in [4.78, 5) is 25.7. The Balaban J connectivity index is 0.000000232. The van der Waals surface area contributed by atoms with Crippen molar-refractivity contribution in [2.75, 3.05) is 35.0 Å². The zero-order chi connectivity index (χ0) is 44.0. The van der Waals surface area contributed by atoms with Crippen LogP contribution in [0.2, 0.25) is 0 Å². The van der Waals surface area contributed by atoms with Crippen molar-refractivity contribution in [1.29, 1.82) is 0 Å². The molecule has 61 heavy (non-hydrogen) atoms. The number of rotatable bonds is 18. The van der Waals surface area contributed by atoms with Gasteiger partial charge in [-0.25, -0.2) is 16.8 Å². The summed E-state index contributed by atoms with van der Waals surface area (Å²) in [6.07, 6.45) is 2.48. The second-order valence-electron chi connectivity index (χ2n) is 13.4. The highest BCUT2D eigenvalue weighted by Crippen LogP contribution is 2.25. The largest absolute Gasteiger partial charge is 0.497 e. The topological polar surface area (TPSA) is 187 Å².